The Bertz CT molecular complexity index is 434. The number of aromatic nitrogens is 1. The van der Waals surface area contributed by atoms with E-state index < -0.39 is 4.92 Å². The first-order valence-corrected chi connectivity index (χ1v) is 5.26. The average molecular weight is 238 g/mol. The molecule has 0 saturated carbocycles. The number of nitrogens with one attached hydrogen (secondary N) is 2. The standard InChI is InChI=1S/C10H14N4O3/c1-3-11-9-8(10(15)12-4-2)5-7(6-13-9)14(16)17/h5-6H,3-4H2,1-2H3,(H,11,13)(H,12,15). The maximum Gasteiger partial charge on any atom is 0.288 e. The molecule has 0 aliphatic rings. The number of carbonyl (C=O) groups excluding carboxylic acids is 1. The lowest BCUT2D eigenvalue weighted by atomic mass is 10.2. The van der Waals surface area contributed by atoms with Crippen LogP contribution in [-0.2, 0) is 0 Å². The predicted octanol–water partition coefficient (Wildman–Crippen LogP) is 1.17. The van der Waals surface area contributed by atoms with Crippen molar-refractivity contribution in [2.75, 3.05) is 18.4 Å². The van der Waals surface area contributed by atoms with Gasteiger partial charge in [-0.25, -0.2) is 4.98 Å². The summed E-state index contributed by atoms with van der Waals surface area (Å²) < 4.78 is 0. The molecule has 0 aliphatic heterocycles. The Morgan fingerprint density at radius 3 is 2.71 bits per heavy atom. The molecule has 1 heterocycles. The van der Waals surface area contributed by atoms with Crippen LogP contribution in [0.2, 0.25) is 0 Å². The normalized spacial score (nSPS) is 9.76. The van der Waals surface area contributed by atoms with E-state index in [2.05, 4.69) is 15.6 Å². The Hall–Kier alpha value is -2.18. The summed E-state index contributed by atoms with van der Waals surface area (Å²) in [6, 6.07) is 1.22. The number of pyridine rings is 1. The van der Waals surface area contributed by atoms with Gasteiger partial charge in [0, 0.05) is 19.2 Å². The van der Waals surface area contributed by atoms with Gasteiger partial charge in [-0.3, -0.25) is 14.9 Å². The van der Waals surface area contributed by atoms with Gasteiger partial charge in [0.15, 0.2) is 0 Å². The van der Waals surface area contributed by atoms with Gasteiger partial charge < -0.3 is 10.6 Å². The first kappa shape index (κ1) is 12.9. The van der Waals surface area contributed by atoms with Crippen molar-refractivity contribution < 1.29 is 9.72 Å². The van der Waals surface area contributed by atoms with Crippen LogP contribution in [0.3, 0.4) is 0 Å². The highest BCUT2D eigenvalue weighted by atomic mass is 16.6. The van der Waals surface area contributed by atoms with E-state index >= 15 is 0 Å². The quantitative estimate of drug-likeness (QED) is 0.592. The Morgan fingerprint density at radius 2 is 2.18 bits per heavy atom. The fourth-order valence-corrected chi connectivity index (χ4v) is 1.29. The van der Waals surface area contributed by atoms with Crippen LogP contribution in [0, 0.1) is 10.1 Å². The van der Waals surface area contributed by atoms with E-state index in [1.54, 1.807) is 6.92 Å². The molecule has 1 amide bonds. The van der Waals surface area contributed by atoms with Crippen molar-refractivity contribution >= 4 is 17.4 Å². The molecule has 0 bridgehead atoms. The third-order valence-corrected chi connectivity index (χ3v) is 2.01. The molecule has 7 nitrogen and oxygen atoms in total. The molecule has 7 heteroatoms. The second-order valence-corrected chi connectivity index (χ2v) is 3.24. The zero-order valence-electron chi connectivity index (χ0n) is 9.69. The van der Waals surface area contributed by atoms with Crippen LogP contribution in [0.5, 0.6) is 0 Å². The molecule has 1 aromatic heterocycles. The van der Waals surface area contributed by atoms with Gasteiger partial charge in [-0.05, 0) is 13.8 Å². The predicted molar refractivity (Wildman–Crippen MR) is 63.1 cm³/mol. The van der Waals surface area contributed by atoms with Gasteiger partial charge in [-0.1, -0.05) is 0 Å². The van der Waals surface area contributed by atoms with Crippen LogP contribution >= 0.6 is 0 Å². The van der Waals surface area contributed by atoms with Crippen molar-refractivity contribution in [2.24, 2.45) is 0 Å². The van der Waals surface area contributed by atoms with Crippen molar-refractivity contribution in [3.63, 3.8) is 0 Å². The molecule has 0 unspecified atom stereocenters. The highest BCUT2D eigenvalue weighted by molar-refractivity contribution is 5.99. The van der Waals surface area contributed by atoms with Crippen molar-refractivity contribution in [2.45, 2.75) is 13.8 Å². The minimum atomic E-state index is -0.578. The molecule has 0 fully saturated rings. The number of carbonyl (C=O) groups is 1. The van der Waals surface area contributed by atoms with E-state index in [0.717, 1.165) is 6.20 Å². The third kappa shape index (κ3) is 3.13. The topological polar surface area (TPSA) is 97.2 Å². The molecule has 0 radical (unpaired) electrons. The van der Waals surface area contributed by atoms with E-state index in [4.69, 9.17) is 0 Å². The largest absolute Gasteiger partial charge is 0.370 e. The summed E-state index contributed by atoms with van der Waals surface area (Å²) in [6.07, 6.45) is 1.13. The number of nitro groups is 1. The Morgan fingerprint density at radius 1 is 1.47 bits per heavy atom. The highest BCUT2D eigenvalue weighted by Crippen LogP contribution is 2.18. The van der Waals surface area contributed by atoms with Crippen LogP contribution < -0.4 is 10.6 Å². The molecular formula is C10H14N4O3. The number of anilines is 1. The summed E-state index contributed by atoms with van der Waals surface area (Å²) in [5, 5.41) is 16.1. The van der Waals surface area contributed by atoms with Crippen LogP contribution in [0.4, 0.5) is 11.5 Å². The summed E-state index contributed by atoms with van der Waals surface area (Å²) in [6.45, 7) is 4.66. The highest BCUT2D eigenvalue weighted by Gasteiger charge is 2.17. The fourth-order valence-electron chi connectivity index (χ4n) is 1.29. The molecule has 0 aliphatic carbocycles. The SMILES string of the molecule is CCNC(=O)c1cc([N+](=O)[O-])cnc1NCC. The summed E-state index contributed by atoms with van der Waals surface area (Å²) in [4.78, 5) is 25.6. The van der Waals surface area contributed by atoms with E-state index in [1.165, 1.54) is 6.07 Å². The maximum atomic E-state index is 11.7. The molecule has 1 aromatic rings. The van der Waals surface area contributed by atoms with Crippen molar-refractivity contribution in [3.8, 4) is 0 Å². The lowest BCUT2D eigenvalue weighted by Gasteiger charge is -2.08. The lowest BCUT2D eigenvalue weighted by molar-refractivity contribution is -0.385. The molecule has 1 rings (SSSR count). The minimum Gasteiger partial charge on any atom is -0.370 e. The van der Waals surface area contributed by atoms with Crippen LogP contribution in [0.1, 0.15) is 24.2 Å². The summed E-state index contributed by atoms with van der Waals surface area (Å²) in [5.41, 5.74) is -0.0178. The van der Waals surface area contributed by atoms with Crippen LogP contribution in [0.25, 0.3) is 0 Å². The van der Waals surface area contributed by atoms with Gasteiger partial charge in [-0.15, -0.1) is 0 Å². The third-order valence-electron chi connectivity index (χ3n) is 2.01. The second-order valence-electron chi connectivity index (χ2n) is 3.24. The van der Waals surface area contributed by atoms with Gasteiger partial charge in [-0.2, -0.15) is 0 Å². The van der Waals surface area contributed by atoms with E-state index in [0.29, 0.717) is 18.9 Å². The minimum absolute atomic E-state index is 0.183. The number of amides is 1. The Balaban J connectivity index is 3.15. The summed E-state index contributed by atoms with van der Waals surface area (Å²) in [5.74, 6) is -0.0244. The zero-order chi connectivity index (χ0) is 12.8. The van der Waals surface area contributed by atoms with Gasteiger partial charge in [0.1, 0.15) is 12.0 Å². The number of hydrogen-bond acceptors (Lipinski definition) is 5. The Kier molecular flexibility index (Phi) is 4.38. The molecule has 92 valence electrons. The van der Waals surface area contributed by atoms with Crippen molar-refractivity contribution in [3.05, 3.63) is 27.9 Å². The van der Waals surface area contributed by atoms with Crippen molar-refractivity contribution in [1.82, 2.24) is 10.3 Å². The van der Waals surface area contributed by atoms with Gasteiger partial charge in [0.25, 0.3) is 11.6 Å². The van der Waals surface area contributed by atoms with Crippen molar-refractivity contribution in [1.29, 1.82) is 0 Å². The fraction of sp³-hybridized carbons (Fsp3) is 0.400. The monoisotopic (exact) mass is 238 g/mol. The van der Waals surface area contributed by atoms with E-state index in [1.807, 2.05) is 6.92 Å². The smallest absolute Gasteiger partial charge is 0.288 e. The van der Waals surface area contributed by atoms with Gasteiger partial charge in [0.2, 0.25) is 0 Å². The van der Waals surface area contributed by atoms with Crippen LogP contribution in [0.15, 0.2) is 12.3 Å². The number of nitrogens with zero attached hydrogens (tertiary/aromatic N) is 2. The molecule has 2 N–H and O–H groups in total. The average Bonchev–Trinajstić information content (AvgIpc) is 2.30. The molecule has 0 aromatic carbocycles. The molecule has 0 atom stereocenters. The van der Waals surface area contributed by atoms with Gasteiger partial charge in [0.05, 0.1) is 10.5 Å². The maximum absolute atomic E-state index is 11.7. The number of hydrogen-bond donors (Lipinski definition) is 2. The molecule has 0 spiro atoms. The Labute approximate surface area is 98.4 Å². The first-order chi connectivity index (χ1) is 8.10. The van der Waals surface area contributed by atoms with E-state index in [9.17, 15) is 14.9 Å². The molecular weight excluding hydrogens is 224 g/mol. The lowest BCUT2D eigenvalue weighted by Crippen LogP contribution is -2.24. The molecule has 0 saturated heterocycles. The van der Waals surface area contributed by atoms with E-state index in [-0.39, 0.29) is 17.2 Å². The first-order valence-electron chi connectivity index (χ1n) is 5.26. The van der Waals surface area contributed by atoms with Crippen LogP contribution in [-0.4, -0.2) is 28.9 Å². The molecule has 17 heavy (non-hydrogen) atoms. The summed E-state index contributed by atoms with van der Waals surface area (Å²) in [7, 11) is 0. The summed E-state index contributed by atoms with van der Waals surface area (Å²) >= 11 is 0. The second kappa shape index (κ2) is 5.78. The van der Waals surface area contributed by atoms with Gasteiger partial charge >= 0.3 is 0 Å². The number of rotatable bonds is 5. The zero-order valence-corrected chi connectivity index (χ0v) is 9.69.